The van der Waals surface area contributed by atoms with Crippen LogP contribution in [0, 0.1) is 0 Å². The minimum Gasteiger partial charge on any atom is -0.497 e. The molecule has 1 aliphatic carbocycles. The maximum Gasteiger partial charge on any atom is 0.273 e. The van der Waals surface area contributed by atoms with E-state index in [1.165, 1.54) is 6.42 Å². The summed E-state index contributed by atoms with van der Waals surface area (Å²) in [5, 5.41) is 8.02. The third-order valence-corrected chi connectivity index (χ3v) is 7.58. The summed E-state index contributed by atoms with van der Waals surface area (Å²) >= 11 is 0. The van der Waals surface area contributed by atoms with Gasteiger partial charge in [0.15, 0.2) is 0 Å². The highest BCUT2D eigenvalue weighted by Gasteiger charge is 2.48. The minimum absolute atomic E-state index is 0.0945. The van der Waals surface area contributed by atoms with Gasteiger partial charge in [-0.2, -0.15) is 5.10 Å². The molecule has 0 spiro atoms. The fraction of sp³-hybridized carbons (Fsp3) is 0.414. The Kier molecular flexibility index (Phi) is 6.81. The van der Waals surface area contributed by atoms with Crippen molar-refractivity contribution in [3.8, 4) is 17.0 Å². The lowest BCUT2D eigenvalue weighted by Crippen LogP contribution is -2.65. The first-order valence-corrected chi connectivity index (χ1v) is 12.9. The molecule has 1 aromatic heterocycles. The second-order valence-electron chi connectivity index (χ2n) is 10.1. The van der Waals surface area contributed by atoms with E-state index in [1.54, 1.807) is 16.7 Å². The van der Waals surface area contributed by atoms with Crippen LogP contribution < -0.4 is 10.1 Å². The number of fused-ring (bicyclic) bond motifs is 1. The van der Waals surface area contributed by atoms with Gasteiger partial charge in [-0.15, -0.1) is 0 Å². The number of nitrogens with zero attached hydrogens (tertiary/aromatic N) is 3. The average Bonchev–Trinajstić information content (AvgIpc) is 3.33. The number of carbonyl (C=O) groups is 2. The molecule has 1 N–H and O–H groups in total. The van der Waals surface area contributed by atoms with E-state index in [2.05, 4.69) is 17.4 Å². The van der Waals surface area contributed by atoms with E-state index in [0.717, 1.165) is 42.6 Å². The van der Waals surface area contributed by atoms with Crippen molar-refractivity contribution >= 4 is 11.8 Å². The zero-order chi connectivity index (χ0) is 25.1. The Morgan fingerprint density at radius 3 is 2.50 bits per heavy atom. The third-order valence-electron chi connectivity index (χ3n) is 7.58. The molecule has 1 atom stereocenters. The van der Waals surface area contributed by atoms with Crippen molar-refractivity contribution in [3.05, 3.63) is 71.9 Å². The molecule has 0 saturated heterocycles. The van der Waals surface area contributed by atoms with E-state index < -0.39 is 5.54 Å². The number of hydrogen-bond donors (Lipinski definition) is 1. The molecule has 188 valence electrons. The molecule has 5 rings (SSSR count). The number of amides is 2. The topological polar surface area (TPSA) is 76.5 Å². The number of benzene rings is 2. The number of carbonyl (C=O) groups excluding carboxylic acids is 2. The summed E-state index contributed by atoms with van der Waals surface area (Å²) in [5.74, 6) is 0.506. The van der Waals surface area contributed by atoms with Crippen LogP contribution in [-0.2, 0) is 17.8 Å². The lowest BCUT2D eigenvalue weighted by atomic mass is 9.91. The van der Waals surface area contributed by atoms with Crippen LogP contribution in [0.3, 0.4) is 0 Å². The number of nitrogens with one attached hydrogen (secondary N) is 1. The number of ether oxygens (including phenoxy) is 1. The second kappa shape index (κ2) is 10.2. The highest BCUT2D eigenvalue weighted by Crippen LogP contribution is 2.31. The molecule has 7 nitrogen and oxygen atoms in total. The molecular weight excluding hydrogens is 452 g/mol. The summed E-state index contributed by atoms with van der Waals surface area (Å²) in [6.07, 6.45) is 6.15. The lowest BCUT2D eigenvalue weighted by Gasteiger charge is -2.44. The maximum atomic E-state index is 13.9. The quantitative estimate of drug-likeness (QED) is 0.535. The smallest absolute Gasteiger partial charge is 0.273 e. The molecule has 1 aliphatic heterocycles. The fourth-order valence-electron chi connectivity index (χ4n) is 5.37. The van der Waals surface area contributed by atoms with Gasteiger partial charge in [0.25, 0.3) is 5.91 Å². The Morgan fingerprint density at radius 2 is 1.81 bits per heavy atom. The Labute approximate surface area is 212 Å². The molecule has 1 fully saturated rings. The van der Waals surface area contributed by atoms with Crippen molar-refractivity contribution in [1.82, 2.24) is 20.0 Å². The van der Waals surface area contributed by atoms with Gasteiger partial charge in [0.05, 0.1) is 19.3 Å². The number of hydrogen-bond acceptors (Lipinski definition) is 4. The largest absolute Gasteiger partial charge is 0.497 e. The van der Waals surface area contributed by atoms with Crippen molar-refractivity contribution in [2.75, 3.05) is 13.7 Å². The van der Waals surface area contributed by atoms with Crippen molar-refractivity contribution in [1.29, 1.82) is 0 Å². The van der Waals surface area contributed by atoms with Gasteiger partial charge in [-0.1, -0.05) is 49.6 Å². The van der Waals surface area contributed by atoms with Gasteiger partial charge in [0.2, 0.25) is 5.91 Å². The third kappa shape index (κ3) is 4.74. The predicted molar refractivity (Wildman–Crippen MR) is 139 cm³/mol. The van der Waals surface area contributed by atoms with Crippen molar-refractivity contribution < 1.29 is 14.3 Å². The maximum absolute atomic E-state index is 13.9. The number of rotatable bonds is 7. The number of methoxy groups -OCH3 is 1. The van der Waals surface area contributed by atoms with Crippen LogP contribution >= 0.6 is 0 Å². The van der Waals surface area contributed by atoms with Gasteiger partial charge >= 0.3 is 0 Å². The van der Waals surface area contributed by atoms with Crippen molar-refractivity contribution in [3.63, 3.8) is 0 Å². The zero-order valence-electron chi connectivity index (χ0n) is 21.1. The SMILES string of the molecule is COc1ccc(-c2cc3n(n2)C[C@@](C)(C(=O)NC2CCCCC2)N(CCc2ccccc2)C3=O)cc1. The molecule has 0 radical (unpaired) electrons. The van der Waals surface area contributed by atoms with E-state index >= 15 is 0 Å². The van der Waals surface area contributed by atoms with Gasteiger partial charge in [-0.25, -0.2) is 0 Å². The second-order valence-corrected chi connectivity index (χ2v) is 10.1. The Hall–Kier alpha value is -3.61. The van der Waals surface area contributed by atoms with E-state index in [9.17, 15) is 9.59 Å². The Morgan fingerprint density at radius 1 is 1.08 bits per heavy atom. The van der Waals surface area contributed by atoms with Crippen molar-refractivity contribution in [2.24, 2.45) is 0 Å². The first kappa shape index (κ1) is 24.1. The van der Waals surface area contributed by atoms with Gasteiger partial charge < -0.3 is 15.0 Å². The normalized spacial score (nSPS) is 20.2. The molecule has 3 aromatic rings. The molecule has 2 aromatic carbocycles. The fourth-order valence-corrected chi connectivity index (χ4v) is 5.37. The average molecular weight is 487 g/mol. The summed E-state index contributed by atoms with van der Waals surface area (Å²) in [5.41, 5.74) is 2.23. The molecule has 0 unspecified atom stereocenters. The molecule has 36 heavy (non-hydrogen) atoms. The van der Waals surface area contributed by atoms with Gasteiger partial charge in [-0.3, -0.25) is 14.3 Å². The van der Waals surface area contributed by atoms with E-state index in [1.807, 2.05) is 55.5 Å². The van der Waals surface area contributed by atoms with E-state index in [-0.39, 0.29) is 17.9 Å². The predicted octanol–water partition coefficient (Wildman–Crippen LogP) is 4.46. The molecule has 1 saturated carbocycles. The standard InChI is InChI=1S/C29H34N4O3/c1-29(28(35)30-23-11-7-4-8-12-23)20-33-26(19-25(31-33)22-13-15-24(36-2)16-14-22)27(34)32(29)18-17-21-9-5-3-6-10-21/h3,5-6,9-10,13-16,19,23H,4,7-8,11-12,17-18,20H2,1-2H3,(H,30,35)/t29-/m0/s1. The highest BCUT2D eigenvalue weighted by atomic mass is 16.5. The Bertz CT molecular complexity index is 1220. The summed E-state index contributed by atoms with van der Waals surface area (Å²) in [6.45, 7) is 2.66. The molecule has 2 aliphatic rings. The first-order chi connectivity index (χ1) is 17.5. The van der Waals surface area contributed by atoms with Gasteiger partial charge in [0, 0.05) is 18.2 Å². The van der Waals surface area contributed by atoms with Gasteiger partial charge in [0.1, 0.15) is 17.0 Å². The van der Waals surface area contributed by atoms with Crippen LogP contribution in [0.2, 0.25) is 0 Å². The zero-order valence-corrected chi connectivity index (χ0v) is 21.1. The minimum atomic E-state index is -1.03. The molecule has 7 heteroatoms. The first-order valence-electron chi connectivity index (χ1n) is 12.9. The van der Waals surface area contributed by atoms with Crippen LogP contribution in [0.15, 0.2) is 60.7 Å². The monoisotopic (exact) mass is 486 g/mol. The molecular formula is C29H34N4O3. The Balaban J connectivity index is 1.45. The summed E-state index contributed by atoms with van der Waals surface area (Å²) in [7, 11) is 1.63. The van der Waals surface area contributed by atoms with E-state index in [0.29, 0.717) is 30.9 Å². The summed E-state index contributed by atoms with van der Waals surface area (Å²) < 4.78 is 6.98. The van der Waals surface area contributed by atoms with Crippen LogP contribution in [-0.4, -0.2) is 51.7 Å². The van der Waals surface area contributed by atoms with Crippen LogP contribution in [0.4, 0.5) is 0 Å². The lowest BCUT2D eigenvalue weighted by molar-refractivity contribution is -0.134. The molecule has 0 bridgehead atoms. The van der Waals surface area contributed by atoms with E-state index in [4.69, 9.17) is 9.84 Å². The number of aromatic nitrogens is 2. The van der Waals surface area contributed by atoms with Crippen LogP contribution in [0.25, 0.3) is 11.3 Å². The highest BCUT2D eigenvalue weighted by molar-refractivity contribution is 6.00. The molecule has 2 amide bonds. The molecule has 2 heterocycles. The van der Waals surface area contributed by atoms with Crippen LogP contribution in [0.1, 0.15) is 55.1 Å². The van der Waals surface area contributed by atoms with Crippen molar-refractivity contribution in [2.45, 2.75) is 63.6 Å². The van der Waals surface area contributed by atoms with Gasteiger partial charge in [-0.05, 0) is 62.1 Å². The summed E-state index contributed by atoms with van der Waals surface area (Å²) in [6, 6.07) is 19.7. The summed E-state index contributed by atoms with van der Waals surface area (Å²) in [4.78, 5) is 29.4. The van der Waals surface area contributed by atoms with Crippen LogP contribution in [0.5, 0.6) is 5.75 Å².